The maximum atomic E-state index is 14.1. The topological polar surface area (TPSA) is 130 Å². The third-order valence-corrected chi connectivity index (χ3v) is 14.1. The molecular formula is C41H60O12. The van der Waals surface area contributed by atoms with Crippen LogP contribution in [0, 0.1) is 11.8 Å². The molecule has 0 aromatic carbocycles. The monoisotopic (exact) mass is 744 g/mol. The van der Waals surface area contributed by atoms with Crippen LogP contribution in [0.4, 0.5) is 0 Å². The second-order valence-electron chi connectivity index (χ2n) is 17.6. The highest BCUT2D eigenvalue weighted by atomic mass is 16.8. The van der Waals surface area contributed by atoms with Crippen molar-refractivity contribution in [3.63, 3.8) is 0 Å². The van der Waals surface area contributed by atoms with Crippen molar-refractivity contribution in [2.24, 2.45) is 11.8 Å². The van der Waals surface area contributed by atoms with Gasteiger partial charge in [-0.05, 0) is 62.0 Å². The molecule has 0 aromatic rings. The van der Waals surface area contributed by atoms with Crippen LogP contribution in [0.25, 0.3) is 0 Å². The molecule has 0 aliphatic carbocycles. The van der Waals surface area contributed by atoms with E-state index in [0.717, 1.165) is 56.1 Å². The predicted molar refractivity (Wildman–Crippen MR) is 189 cm³/mol. The number of rotatable bonds is 5. The molecule has 296 valence electrons. The molecule has 10 saturated heterocycles. The molecule has 1 spiro atoms. The van der Waals surface area contributed by atoms with Crippen molar-refractivity contribution in [3.05, 3.63) is 24.3 Å². The summed E-state index contributed by atoms with van der Waals surface area (Å²) in [5.41, 5.74) is 2.20. The number of ketones is 1. The number of aliphatic hydroxyl groups is 1. The van der Waals surface area contributed by atoms with Gasteiger partial charge < -0.3 is 52.5 Å². The lowest BCUT2D eigenvalue weighted by atomic mass is 9.81. The van der Waals surface area contributed by atoms with Crippen LogP contribution in [-0.4, -0.2) is 135 Å². The maximum Gasteiger partial charge on any atom is 0.172 e. The zero-order valence-electron chi connectivity index (χ0n) is 31.6. The number of carbonyl (C=O) groups excluding carboxylic acids is 1. The lowest BCUT2D eigenvalue weighted by molar-refractivity contribution is -0.292. The third kappa shape index (κ3) is 7.04. The summed E-state index contributed by atoms with van der Waals surface area (Å²) in [4.78, 5) is 14.1. The molecule has 10 aliphatic heterocycles. The summed E-state index contributed by atoms with van der Waals surface area (Å²) in [6.45, 7) is 11.3. The molecule has 10 heterocycles. The van der Waals surface area contributed by atoms with E-state index in [9.17, 15) is 9.90 Å². The smallest absolute Gasteiger partial charge is 0.172 e. The van der Waals surface area contributed by atoms with Gasteiger partial charge in [0.05, 0.1) is 73.8 Å². The van der Waals surface area contributed by atoms with E-state index in [1.54, 1.807) is 14.2 Å². The Kier molecular flexibility index (Phi) is 10.5. The lowest BCUT2D eigenvalue weighted by Gasteiger charge is -2.47. The highest BCUT2D eigenvalue weighted by Crippen LogP contribution is 2.54. The lowest BCUT2D eigenvalue weighted by Crippen LogP contribution is -2.61. The first-order valence-corrected chi connectivity index (χ1v) is 20.5. The Labute approximate surface area is 313 Å². The Morgan fingerprint density at radius 1 is 0.774 bits per heavy atom. The Morgan fingerprint density at radius 2 is 1.53 bits per heavy atom. The molecule has 0 aromatic heterocycles. The van der Waals surface area contributed by atoms with Crippen molar-refractivity contribution < 1.29 is 57.3 Å². The van der Waals surface area contributed by atoms with E-state index in [0.29, 0.717) is 25.7 Å². The summed E-state index contributed by atoms with van der Waals surface area (Å²) in [6.07, 6.45) is 4.88. The fourth-order valence-corrected chi connectivity index (χ4v) is 11.4. The molecule has 0 saturated carbocycles. The molecule has 0 radical (unpaired) electrons. The van der Waals surface area contributed by atoms with Crippen LogP contribution in [0.2, 0.25) is 0 Å². The van der Waals surface area contributed by atoms with Crippen LogP contribution in [0.5, 0.6) is 0 Å². The zero-order valence-corrected chi connectivity index (χ0v) is 31.6. The largest absolute Gasteiger partial charge is 0.391 e. The number of hydrogen-bond donors (Lipinski definition) is 1. The van der Waals surface area contributed by atoms with Gasteiger partial charge in [-0.1, -0.05) is 20.1 Å². The summed E-state index contributed by atoms with van der Waals surface area (Å²) >= 11 is 0. The number of Topliss-reactive ketones (excluding diaryl/α,β-unsaturated/α-hetero) is 1. The molecule has 12 nitrogen and oxygen atoms in total. The van der Waals surface area contributed by atoms with Crippen LogP contribution in [-0.2, 0) is 52.2 Å². The van der Waals surface area contributed by atoms with E-state index in [-0.39, 0.29) is 123 Å². The van der Waals surface area contributed by atoms with Crippen LogP contribution in [0.3, 0.4) is 0 Å². The van der Waals surface area contributed by atoms with Gasteiger partial charge in [-0.3, -0.25) is 4.79 Å². The standard InChI is InChI=1S/C41H60O12/c1-20-12-25-6-8-29-21(2)13-27(46-29)10-11-41-18-34-37(52-41)38-39(51-34)40(53-41)36-30(50-38)9-7-26(48-36)14-23(42)15-28-32(17-31(47-25)22(20)3)49-33(35(28)45-5)16-24(43)19-44-4/h20,24-40,43H,2-3,6-19H2,1,4-5H3/t20-,24+,25+,26-,27+,28+,29+,30+,31-,32+,33-,34-,35-,36+,37+,38+,39-,40+,41+/m1/s1. The summed E-state index contributed by atoms with van der Waals surface area (Å²) < 4.78 is 65.4. The van der Waals surface area contributed by atoms with Gasteiger partial charge in [0.25, 0.3) is 0 Å². The minimum absolute atomic E-state index is 0.0162. The summed E-state index contributed by atoms with van der Waals surface area (Å²) in [7, 11) is 3.24. The average molecular weight is 745 g/mol. The first-order valence-electron chi connectivity index (χ1n) is 20.5. The molecule has 10 fully saturated rings. The SMILES string of the molecule is C=C1C[C@@H]2CC[C@@]34C[C@H]5O[C@H]6[C@@H](O3)[C@H]3O[C@H](CC[C@@H]3O[C@H]6[C@H]5O4)CC(=O)C[C@@H]3[C@@H](OC)[C@@H](C[C@H](O)COC)O[C@H]3C[C@H]3O[C@@H](CC[C@@H]1O2)C[C@@H](C)C3=C. The summed E-state index contributed by atoms with van der Waals surface area (Å²) in [6, 6.07) is 0. The first-order chi connectivity index (χ1) is 25.6. The molecule has 19 atom stereocenters. The zero-order chi connectivity index (χ0) is 36.6. The summed E-state index contributed by atoms with van der Waals surface area (Å²) in [5, 5.41) is 10.7. The van der Waals surface area contributed by atoms with Gasteiger partial charge in [0, 0.05) is 58.7 Å². The van der Waals surface area contributed by atoms with E-state index in [1.807, 2.05) is 0 Å². The Hall–Kier alpha value is -1.29. The van der Waals surface area contributed by atoms with E-state index in [1.165, 1.54) is 0 Å². The average Bonchev–Trinajstić information content (AvgIpc) is 3.80. The Bertz CT molecular complexity index is 1390. The fraction of sp³-hybridized carbons (Fsp3) is 0.878. The van der Waals surface area contributed by atoms with Crippen molar-refractivity contribution in [1.29, 1.82) is 0 Å². The molecule has 53 heavy (non-hydrogen) atoms. The second-order valence-corrected chi connectivity index (χ2v) is 17.6. The predicted octanol–water partition coefficient (Wildman–Crippen LogP) is 4.13. The summed E-state index contributed by atoms with van der Waals surface area (Å²) in [5.74, 6) is -0.618. The van der Waals surface area contributed by atoms with Gasteiger partial charge in [-0.25, -0.2) is 0 Å². The second kappa shape index (κ2) is 14.9. The molecule has 12 heteroatoms. The molecule has 0 unspecified atom stereocenters. The maximum absolute atomic E-state index is 14.1. The Balaban J connectivity index is 0.990. The number of methoxy groups -OCH3 is 2. The molecule has 1 N–H and O–H groups in total. The number of fused-ring (bicyclic) bond motifs is 6. The van der Waals surface area contributed by atoms with Crippen molar-refractivity contribution in [1.82, 2.24) is 0 Å². The molecule has 10 rings (SSSR count). The number of aliphatic hydroxyl groups excluding tert-OH is 1. The van der Waals surface area contributed by atoms with Gasteiger partial charge in [-0.2, -0.15) is 0 Å². The Morgan fingerprint density at radius 3 is 2.36 bits per heavy atom. The van der Waals surface area contributed by atoms with Gasteiger partial charge in [0.2, 0.25) is 0 Å². The van der Waals surface area contributed by atoms with Crippen LogP contribution >= 0.6 is 0 Å². The van der Waals surface area contributed by atoms with Gasteiger partial charge in [0.15, 0.2) is 5.79 Å². The third-order valence-electron chi connectivity index (χ3n) is 14.1. The van der Waals surface area contributed by atoms with Crippen LogP contribution < -0.4 is 0 Å². The molecular weight excluding hydrogens is 684 g/mol. The molecule has 10 aliphatic rings. The van der Waals surface area contributed by atoms with Crippen molar-refractivity contribution in [2.45, 2.75) is 194 Å². The van der Waals surface area contributed by atoms with E-state index >= 15 is 0 Å². The molecule has 12 bridgehead atoms. The molecule has 0 amide bonds. The quantitative estimate of drug-likeness (QED) is 0.407. The van der Waals surface area contributed by atoms with E-state index in [2.05, 4.69) is 20.1 Å². The van der Waals surface area contributed by atoms with E-state index < -0.39 is 18.0 Å². The van der Waals surface area contributed by atoms with Gasteiger partial charge >= 0.3 is 0 Å². The first kappa shape index (κ1) is 37.3. The van der Waals surface area contributed by atoms with Gasteiger partial charge in [0.1, 0.15) is 36.3 Å². The number of ether oxygens (including phenoxy) is 10. The van der Waals surface area contributed by atoms with Gasteiger partial charge in [-0.15, -0.1) is 0 Å². The van der Waals surface area contributed by atoms with Crippen LogP contribution in [0.15, 0.2) is 24.3 Å². The van der Waals surface area contributed by atoms with Crippen molar-refractivity contribution >= 4 is 5.78 Å². The van der Waals surface area contributed by atoms with Crippen molar-refractivity contribution in [2.75, 3.05) is 20.8 Å². The highest BCUT2D eigenvalue weighted by Gasteiger charge is 2.68. The van der Waals surface area contributed by atoms with Crippen LogP contribution in [0.1, 0.15) is 90.4 Å². The number of carbonyl (C=O) groups is 1. The van der Waals surface area contributed by atoms with Crippen molar-refractivity contribution in [3.8, 4) is 0 Å². The van der Waals surface area contributed by atoms with E-state index in [4.69, 9.17) is 47.4 Å². The minimum atomic E-state index is -0.781. The highest BCUT2D eigenvalue weighted by molar-refractivity contribution is 5.79. The fourth-order valence-electron chi connectivity index (χ4n) is 11.4. The minimum Gasteiger partial charge on any atom is -0.391 e. The normalized spacial score (nSPS) is 51.6. The number of hydrogen-bond acceptors (Lipinski definition) is 12.